The van der Waals surface area contributed by atoms with E-state index in [-0.39, 0.29) is 0 Å². The summed E-state index contributed by atoms with van der Waals surface area (Å²) >= 11 is 0. The van der Waals surface area contributed by atoms with Crippen LogP contribution < -0.4 is 5.32 Å². The summed E-state index contributed by atoms with van der Waals surface area (Å²) < 4.78 is 0. The first kappa shape index (κ1) is 13.4. The van der Waals surface area contributed by atoms with Crippen LogP contribution in [0.4, 0.5) is 0 Å². The van der Waals surface area contributed by atoms with Crippen LogP contribution in [-0.2, 0) is 0 Å². The highest BCUT2D eigenvalue weighted by molar-refractivity contribution is 4.82. The minimum atomic E-state index is 0.874. The molecular weight excluding hydrogens is 208 g/mol. The second kappa shape index (κ2) is 6.19. The number of hydrogen-bond donors (Lipinski definition) is 1. The fourth-order valence-electron chi connectivity index (χ4n) is 3.47. The van der Waals surface area contributed by atoms with Crippen LogP contribution in [0.15, 0.2) is 0 Å². The van der Waals surface area contributed by atoms with Crippen molar-refractivity contribution in [3.63, 3.8) is 0 Å². The molecule has 2 fully saturated rings. The average molecular weight is 238 g/mol. The van der Waals surface area contributed by atoms with Crippen molar-refractivity contribution < 1.29 is 0 Å². The molecule has 1 N–H and O–H groups in total. The summed E-state index contributed by atoms with van der Waals surface area (Å²) in [6.45, 7) is 13.7. The SMILES string of the molecule is CC(C)C1CCCN(C[C@@H]2CNC[C@H]2C)CC1. The van der Waals surface area contributed by atoms with E-state index in [1.54, 1.807) is 0 Å². The maximum absolute atomic E-state index is 3.53. The Morgan fingerprint density at radius 3 is 2.65 bits per heavy atom. The fourth-order valence-corrected chi connectivity index (χ4v) is 3.47. The summed E-state index contributed by atoms with van der Waals surface area (Å²) in [5.74, 6) is 3.62. The minimum Gasteiger partial charge on any atom is -0.316 e. The van der Waals surface area contributed by atoms with Crippen LogP contribution in [0.25, 0.3) is 0 Å². The molecule has 0 bridgehead atoms. The van der Waals surface area contributed by atoms with E-state index in [2.05, 4.69) is 31.0 Å². The summed E-state index contributed by atoms with van der Waals surface area (Å²) in [6.07, 6.45) is 4.29. The van der Waals surface area contributed by atoms with Gasteiger partial charge < -0.3 is 10.2 Å². The molecule has 2 rings (SSSR count). The summed E-state index contributed by atoms with van der Waals surface area (Å²) in [5, 5.41) is 3.53. The van der Waals surface area contributed by atoms with E-state index >= 15 is 0 Å². The van der Waals surface area contributed by atoms with E-state index < -0.39 is 0 Å². The number of likely N-dealkylation sites (tertiary alicyclic amines) is 1. The van der Waals surface area contributed by atoms with Crippen LogP contribution in [0.3, 0.4) is 0 Å². The molecule has 0 aromatic carbocycles. The second-order valence-corrected chi connectivity index (χ2v) is 6.63. The largest absolute Gasteiger partial charge is 0.316 e. The molecule has 0 aromatic heterocycles. The molecule has 1 unspecified atom stereocenters. The molecule has 0 amide bonds. The molecule has 0 spiro atoms. The lowest BCUT2D eigenvalue weighted by Crippen LogP contribution is -2.33. The lowest BCUT2D eigenvalue weighted by molar-refractivity contribution is 0.220. The third-order valence-corrected chi connectivity index (χ3v) is 4.98. The topological polar surface area (TPSA) is 15.3 Å². The predicted molar refractivity (Wildman–Crippen MR) is 74.1 cm³/mol. The van der Waals surface area contributed by atoms with Gasteiger partial charge in [-0.25, -0.2) is 0 Å². The Morgan fingerprint density at radius 2 is 2.00 bits per heavy atom. The molecule has 2 aliphatic rings. The Kier molecular flexibility index (Phi) is 4.87. The molecule has 2 heterocycles. The summed E-state index contributed by atoms with van der Waals surface area (Å²) in [5.41, 5.74) is 0. The van der Waals surface area contributed by atoms with E-state index in [0.29, 0.717) is 0 Å². The Hall–Kier alpha value is -0.0800. The maximum atomic E-state index is 3.53. The van der Waals surface area contributed by atoms with Gasteiger partial charge in [-0.2, -0.15) is 0 Å². The van der Waals surface area contributed by atoms with Crippen molar-refractivity contribution in [1.29, 1.82) is 0 Å². The van der Waals surface area contributed by atoms with E-state index in [0.717, 1.165) is 23.7 Å². The third kappa shape index (κ3) is 3.69. The summed E-state index contributed by atoms with van der Waals surface area (Å²) in [7, 11) is 0. The first-order valence-corrected chi connectivity index (χ1v) is 7.60. The molecule has 2 saturated heterocycles. The number of rotatable bonds is 3. The second-order valence-electron chi connectivity index (χ2n) is 6.63. The highest BCUT2D eigenvalue weighted by Crippen LogP contribution is 2.26. The predicted octanol–water partition coefficient (Wildman–Crippen LogP) is 2.60. The Bertz CT molecular complexity index is 227. The fraction of sp³-hybridized carbons (Fsp3) is 1.00. The van der Waals surface area contributed by atoms with E-state index in [1.807, 2.05) is 0 Å². The van der Waals surface area contributed by atoms with Gasteiger partial charge in [0.2, 0.25) is 0 Å². The van der Waals surface area contributed by atoms with Gasteiger partial charge in [-0.1, -0.05) is 20.8 Å². The smallest absolute Gasteiger partial charge is 0.00248 e. The van der Waals surface area contributed by atoms with Crippen molar-refractivity contribution in [2.24, 2.45) is 23.7 Å². The van der Waals surface area contributed by atoms with Crippen LogP contribution >= 0.6 is 0 Å². The molecule has 0 radical (unpaired) electrons. The Labute approximate surface area is 107 Å². The zero-order valence-electron chi connectivity index (χ0n) is 11.9. The molecule has 3 atom stereocenters. The van der Waals surface area contributed by atoms with Gasteiger partial charge in [0.05, 0.1) is 0 Å². The molecule has 100 valence electrons. The summed E-state index contributed by atoms with van der Waals surface area (Å²) in [4.78, 5) is 2.73. The highest BCUT2D eigenvalue weighted by atomic mass is 15.1. The van der Waals surface area contributed by atoms with Crippen molar-refractivity contribution in [1.82, 2.24) is 10.2 Å². The van der Waals surface area contributed by atoms with E-state index in [4.69, 9.17) is 0 Å². The van der Waals surface area contributed by atoms with Crippen LogP contribution in [0.1, 0.15) is 40.0 Å². The molecule has 0 saturated carbocycles. The molecule has 0 aromatic rings. The average Bonchev–Trinajstić information content (AvgIpc) is 2.55. The van der Waals surface area contributed by atoms with Gasteiger partial charge in [0.25, 0.3) is 0 Å². The van der Waals surface area contributed by atoms with Gasteiger partial charge >= 0.3 is 0 Å². The molecular formula is C15H30N2. The van der Waals surface area contributed by atoms with Crippen molar-refractivity contribution in [2.75, 3.05) is 32.7 Å². The zero-order valence-corrected chi connectivity index (χ0v) is 11.9. The van der Waals surface area contributed by atoms with Gasteiger partial charge in [-0.05, 0) is 69.1 Å². The lowest BCUT2D eigenvalue weighted by Gasteiger charge is -2.26. The standard InChI is InChI=1S/C15H30N2/c1-12(2)14-5-4-7-17(8-6-14)11-15-10-16-9-13(15)3/h12-16H,4-11H2,1-3H3/t13-,14?,15+/m1/s1. The molecule has 2 nitrogen and oxygen atoms in total. The maximum Gasteiger partial charge on any atom is 0.00248 e. The van der Waals surface area contributed by atoms with Crippen molar-refractivity contribution >= 4 is 0 Å². The molecule has 2 aliphatic heterocycles. The minimum absolute atomic E-state index is 0.874. The van der Waals surface area contributed by atoms with Crippen molar-refractivity contribution in [2.45, 2.75) is 40.0 Å². The molecule has 17 heavy (non-hydrogen) atoms. The van der Waals surface area contributed by atoms with Gasteiger partial charge in [-0.15, -0.1) is 0 Å². The highest BCUT2D eigenvalue weighted by Gasteiger charge is 2.26. The number of nitrogens with zero attached hydrogens (tertiary/aromatic N) is 1. The van der Waals surface area contributed by atoms with Crippen molar-refractivity contribution in [3.05, 3.63) is 0 Å². The van der Waals surface area contributed by atoms with Crippen LogP contribution in [-0.4, -0.2) is 37.6 Å². The van der Waals surface area contributed by atoms with Gasteiger partial charge in [0.1, 0.15) is 0 Å². The van der Waals surface area contributed by atoms with Gasteiger partial charge in [0, 0.05) is 6.54 Å². The zero-order chi connectivity index (χ0) is 12.3. The quantitative estimate of drug-likeness (QED) is 0.813. The first-order chi connectivity index (χ1) is 8.16. The van der Waals surface area contributed by atoms with E-state index in [1.165, 1.54) is 52.0 Å². The van der Waals surface area contributed by atoms with Crippen LogP contribution in [0, 0.1) is 23.7 Å². The molecule has 0 aliphatic carbocycles. The lowest BCUT2D eigenvalue weighted by atomic mass is 9.89. The Balaban J connectivity index is 1.78. The third-order valence-electron chi connectivity index (χ3n) is 4.98. The van der Waals surface area contributed by atoms with Crippen LogP contribution in [0.2, 0.25) is 0 Å². The monoisotopic (exact) mass is 238 g/mol. The molecule has 2 heteroatoms. The number of hydrogen-bond acceptors (Lipinski definition) is 2. The van der Waals surface area contributed by atoms with Gasteiger partial charge in [0.15, 0.2) is 0 Å². The van der Waals surface area contributed by atoms with Gasteiger partial charge in [-0.3, -0.25) is 0 Å². The summed E-state index contributed by atoms with van der Waals surface area (Å²) in [6, 6.07) is 0. The van der Waals surface area contributed by atoms with Crippen LogP contribution in [0.5, 0.6) is 0 Å². The first-order valence-electron chi connectivity index (χ1n) is 7.60. The number of nitrogens with one attached hydrogen (secondary N) is 1. The Morgan fingerprint density at radius 1 is 1.18 bits per heavy atom. The normalized spacial score (nSPS) is 36.4. The van der Waals surface area contributed by atoms with Crippen molar-refractivity contribution in [3.8, 4) is 0 Å². The van der Waals surface area contributed by atoms with E-state index in [9.17, 15) is 0 Å².